The second-order valence-corrected chi connectivity index (χ2v) is 10.1. The highest BCUT2D eigenvalue weighted by molar-refractivity contribution is 7.89. The number of aryl methyl sites for hydroxylation is 4. The minimum absolute atomic E-state index is 0.0288. The Kier molecular flexibility index (Phi) is 5.49. The average Bonchev–Trinajstić information content (AvgIpc) is 2.75. The van der Waals surface area contributed by atoms with Crippen LogP contribution in [0.4, 0.5) is 0 Å². The number of piperazine rings is 1. The third kappa shape index (κ3) is 3.96. The molecule has 1 saturated heterocycles. The maximum Gasteiger partial charge on any atom is 0.253 e. The van der Waals surface area contributed by atoms with E-state index in [4.69, 9.17) is 0 Å². The zero-order chi connectivity index (χ0) is 20.6. The molecular formula is C23H28N2O3S. The van der Waals surface area contributed by atoms with Crippen LogP contribution in [0.5, 0.6) is 0 Å². The van der Waals surface area contributed by atoms with E-state index in [1.165, 1.54) is 21.9 Å². The Morgan fingerprint density at radius 3 is 2.21 bits per heavy atom. The first-order valence-corrected chi connectivity index (χ1v) is 11.8. The summed E-state index contributed by atoms with van der Waals surface area (Å²) in [6.07, 6.45) is 4.29. The number of sulfonamides is 1. The van der Waals surface area contributed by atoms with Crippen LogP contribution < -0.4 is 0 Å². The predicted octanol–water partition coefficient (Wildman–Crippen LogP) is 3.33. The molecule has 0 aromatic heterocycles. The van der Waals surface area contributed by atoms with Crippen molar-refractivity contribution in [3.8, 4) is 0 Å². The van der Waals surface area contributed by atoms with E-state index in [1.807, 2.05) is 44.2 Å². The van der Waals surface area contributed by atoms with Gasteiger partial charge in [-0.1, -0.05) is 12.1 Å². The molecule has 1 aliphatic carbocycles. The van der Waals surface area contributed by atoms with E-state index in [1.54, 1.807) is 11.0 Å². The molecule has 2 aromatic rings. The zero-order valence-corrected chi connectivity index (χ0v) is 18.0. The highest BCUT2D eigenvalue weighted by Gasteiger charge is 2.31. The molecule has 2 aromatic carbocycles. The van der Waals surface area contributed by atoms with Crippen molar-refractivity contribution in [2.45, 2.75) is 44.4 Å². The van der Waals surface area contributed by atoms with Crippen LogP contribution in [0, 0.1) is 13.8 Å². The van der Waals surface area contributed by atoms with Crippen LogP contribution in [0.3, 0.4) is 0 Å². The van der Waals surface area contributed by atoms with E-state index < -0.39 is 10.0 Å². The molecule has 154 valence electrons. The molecule has 0 N–H and O–H groups in total. The largest absolute Gasteiger partial charge is 0.336 e. The van der Waals surface area contributed by atoms with Crippen molar-refractivity contribution in [3.05, 3.63) is 64.2 Å². The average molecular weight is 413 g/mol. The molecule has 1 aliphatic heterocycles. The van der Waals surface area contributed by atoms with Gasteiger partial charge < -0.3 is 4.90 Å². The summed E-state index contributed by atoms with van der Waals surface area (Å²) in [5.41, 5.74) is 5.35. The van der Waals surface area contributed by atoms with Crippen LogP contribution in [0.1, 0.15) is 45.5 Å². The van der Waals surface area contributed by atoms with Crippen molar-refractivity contribution < 1.29 is 13.2 Å². The highest BCUT2D eigenvalue weighted by atomic mass is 32.2. The third-order valence-electron chi connectivity index (χ3n) is 6.24. The van der Waals surface area contributed by atoms with E-state index in [-0.39, 0.29) is 5.91 Å². The molecule has 0 saturated carbocycles. The number of benzene rings is 2. The van der Waals surface area contributed by atoms with Crippen molar-refractivity contribution in [2.24, 2.45) is 0 Å². The number of hydrogen-bond acceptors (Lipinski definition) is 3. The monoisotopic (exact) mass is 412 g/mol. The maximum atomic E-state index is 13.1. The van der Waals surface area contributed by atoms with E-state index in [2.05, 4.69) is 0 Å². The second kappa shape index (κ2) is 7.92. The lowest BCUT2D eigenvalue weighted by atomic mass is 9.92. The molecule has 0 atom stereocenters. The Morgan fingerprint density at radius 1 is 0.828 bits per heavy atom. The molecule has 1 heterocycles. The number of carbonyl (C=O) groups excluding carboxylic acids is 1. The van der Waals surface area contributed by atoms with Gasteiger partial charge >= 0.3 is 0 Å². The first-order chi connectivity index (χ1) is 13.9. The molecule has 6 heteroatoms. The minimum Gasteiger partial charge on any atom is -0.336 e. The summed E-state index contributed by atoms with van der Waals surface area (Å²) < 4.78 is 27.8. The first kappa shape index (κ1) is 20.1. The van der Waals surface area contributed by atoms with Gasteiger partial charge in [-0.3, -0.25) is 4.79 Å². The van der Waals surface area contributed by atoms with Crippen LogP contribution in [0.2, 0.25) is 0 Å². The van der Waals surface area contributed by atoms with E-state index >= 15 is 0 Å². The number of rotatable bonds is 3. The van der Waals surface area contributed by atoms with Crippen LogP contribution in [-0.2, 0) is 22.9 Å². The van der Waals surface area contributed by atoms with Crippen molar-refractivity contribution >= 4 is 15.9 Å². The standard InChI is InChI=1S/C23H28N2O3S/c1-17-7-8-21(15-18(17)2)23(26)24-11-13-25(14-12-24)29(27,28)22-10-9-19-5-3-4-6-20(19)16-22/h7-10,15-16H,3-6,11-14H2,1-2H3. The van der Waals surface area contributed by atoms with Crippen molar-refractivity contribution in [1.29, 1.82) is 0 Å². The van der Waals surface area contributed by atoms with Gasteiger partial charge in [0.15, 0.2) is 0 Å². The molecule has 29 heavy (non-hydrogen) atoms. The quantitative estimate of drug-likeness (QED) is 0.777. The molecule has 0 unspecified atom stereocenters. The van der Waals surface area contributed by atoms with Crippen molar-refractivity contribution in [1.82, 2.24) is 9.21 Å². The summed E-state index contributed by atoms with van der Waals surface area (Å²) >= 11 is 0. The fourth-order valence-corrected chi connectivity index (χ4v) is 5.68. The summed E-state index contributed by atoms with van der Waals surface area (Å²) in [5, 5.41) is 0. The highest BCUT2D eigenvalue weighted by Crippen LogP contribution is 2.26. The van der Waals surface area contributed by atoms with Crippen LogP contribution >= 0.6 is 0 Å². The number of fused-ring (bicyclic) bond motifs is 1. The molecule has 4 rings (SSSR count). The van der Waals surface area contributed by atoms with Gasteiger partial charge in [0.1, 0.15) is 0 Å². The van der Waals surface area contributed by atoms with Gasteiger partial charge in [0.2, 0.25) is 10.0 Å². The van der Waals surface area contributed by atoms with Gasteiger partial charge in [-0.2, -0.15) is 4.31 Å². The summed E-state index contributed by atoms with van der Waals surface area (Å²) in [7, 11) is -3.53. The minimum atomic E-state index is -3.53. The van der Waals surface area contributed by atoms with E-state index in [9.17, 15) is 13.2 Å². The fourth-order valence-electron chi connectivity index (χ4n) is 4.21. The third-order valence-corrected chi connectivity index (χ3v) is 8.13. The van der Waals surface area contributed by atoms with Gasteiger partial charge in [0.25, 0.3) is 5.91 Å². The molecule has 0 spiro atoms. The Hall–Kier alpha value is -2.18. The summed E-state index contributed by atoms with van der Waals surface area (Å²) in [6, 6.07) is 11.3. The topological polar surface area (TPSA) is 57.7 Å². The van der Waals surface area contributed by atoms with Gasteiger partial charge in [-0.15, -0.1) is 0 Å². The van der Waals surface area contributed by atoms with Crippen molar-refractivity contribution in [2.75, 3.05) is 26.2 Å². The van der Waals surface area contributed by atoms with E-state index in [0.29, 0.717) is 36.6 Å². The smallest absolute Gasteiger partial charge is 0.253 e. The lowest BCUT2D eigenvalue weighted by Crippen LogP contribution is -2.50. The summed E-state index contributed by atoms with van der Waals surface area (Å²) in [6.45, 7) is 5.50. The normalized spacial score (nSPS) is 17.8. The number of amides is 1. The molecule has 0 radical (unpaired) electrons. The molecule has 5 nitrogen and oxygen atoms in total. The number of carbonyl (C=O) groups is 1. The Morgan fingerprint density at radius 2 is 1.52 bits per heavy atom. The lowest BCUT2D eigenvalue weighted by molar-refractivity contribution is 0.0698. The van der Waals surface area contributed by atoms with Gasteiger partial charge in [-0.25, -0.2) is 8.42 Å². The molecular weight excluding hydrogens is 384 g/mol. The second-order valence-electron chi connectivity index (χ2n) is 8.13. The molecule has 2 aliphatic rings. The Bertz CT molecular complexity index is 1040. The van der Waals surface area contributed by atoms with Gasteiger partial charge in [0.05, 0.1) is 4.90 Å². The predicted molar refractivity (Wildman–Crippen MR) is 114 cm³/mol. The number of hydrogen-bond donors (Lipinski definition) is 0. The van der Waals surface area contributed by atoms with Gasteiger partial charge in [0, 0.05) is 31.7 Å². The fraction of sp³-hybridized carbons (Fsp3) is 0.435. The Labute approximate surface area is 173 Å². The van der Waals surface area contributed by atoms with Crippen LogP contribution in [0.25, 0.3) is 0 Å². The first-order valence-electron chi connectivity index (χ1n) is 10.3. The molecule has 0 bridgehead atoms. The Balaban J connectivity index is 1.46. The van der Waals surface area contributed by atoms with Crippen LogP contribution in [0.15, 0.2) is 41.3 Å². The lowest BCUT2D eigenvalue weighted by Gasteiger charge is -2.34. The zero-order valence-electron chi connectivity index (χ0n) is 17.1. The molecule has 1 amide bonds. The summed E-state index contributed by atoms with van der Waals surface area (Å²) in [5.74, 6) is -0.0288. The molecule has 1 fully saturated rings. The van der Waals surface area contributed by atoms with Crippen LogP contribution in [-0.4, -0.2) is 49.7 Å². The van der Waals surface area contributed by atoms with Crippen molar-refractivity contribution in [3.63, 3.8) is 0 Å². The SMILES string of the molecule is Cc1ccc(C(=O)N2CCN(S(=O)(=O)c3ccc4c(c3)CCCC4)CC2)cc1C. The number of nitrogens with zero attached hydrogens (tertiary/aromatic N) is 2. The van der Waals surface area contributed by atoms with E-state index in [0.717, 1.165) is 30.4 Å². The summed E-state index contributed by atoms with van der Waals surface area (Å²) in [4.78, 5) is 14.9. The van der Waals surface area contributed by atoms with Gasteiger partial charge in [-0.05, 0) is 86.1 Å². The maximum absolute atomic E-state index is 13.1.